The van der Waals surface area contributed by atoms with Gasteiger partial charge in [0.15, 0.2) is 0 Å². The molecule has 3 N–H and O–H groups in total. The molecular weight excluding hydrogens is 212 g/mol. The molecule has 7 heteroatoms. The summed E-state index contributed by atoms with van der Waals surface area (Å²) in [5.74, 6) is 0. The summed E-state index contributed by atoms with van der Waals surface area (Å²) in [6, 6.07) is 1.12. The second kappa shape index (κ2) is 3.09. The Bertz CT molecular complexity index is 750. The van der Waals surface area contributed by atoms with E-state index in [1.54, 1.807) is 0 Å². The number of nitrogens with zero attached hydrogens (tertiary/aromatic N) is 2. The fourth-order valence-electron chi connectivity index (χ4n) is 1.62. The van der Waals surface area contributed by atoms with Gasteiger partial charge < -0.3 is 10.7 Å². The lowest BCUT2D eigenvalue weighted by Gasteiger charge is -2.07. The summed E-state index contributed by atoms with van der Waals surface area (Å²) in [5.41, 5.74) is 4.31. The molecule has 2 aromatic rings. The monoisotopic (exact) mass is 222 g/mol. The highest BCUT2D eigenvalue weighted by molar-refractivity contribution is 5.86. The third kappa shape index (κ3) is 1.18. The van der Waals surface area contributed by atoms with Gasteiger partial charge in [-0.25, -0.2) is 4.79 Å². The third-order valence-electron chi connectivity index (χ3n) is 2.48. The van der Waals surface area contributed by atoms with Gasteiger partial charge in [0.2, 0.25) is 0 Å². The Morgan fingerprint density at radius 2 is 1.81 bits per heavy atom. The van der Waals surface area contributed by atoms with Crippen molar-refractivity contribution in [2.24, 2.45) is 14.1 Å². The number of fused-ring (bicyclic) bond motifs is 1. The number of aromatic amines is 1. The molecule has 16 heavy (non-hydrogen) atoms. The Balaban J connectivity index is 3.28. The maximum Gasteiger partial charge on any atom is 0.332 e. The molecule has 0 radical (unpaired) electrons. The number of H-pyrrole nitrogens is 1. The van der Waals surface area contributed by atoms with Crippen molar-refractivity contribution >= 4 is 16.7 Å². The molecule has 2 heterocycles. The Morgan fingerprint density at radius 1 is 1.19 bits per heavy atom. The van der Waals surface area contributed by atoms with Crippen molar-refractivity contribution in [1.29, 1.82) is 0 Å². The molecule has 0 unspecified atom stereocenters. The second-order valence-corrected chi connectivity index (χ2v) is 3.52. The Hall–Kier alpha value is -2.31. The van der Waals surface area contributed by atoms with E-state index in [0.29, 0.717) is 0 Å². The number of hydrogen-bond donors (Lipinski definition) is 2. The lowest BCUT2D eigenvalue weighted by molar-refractivity contribution is 0.707. The zero-order valence-corrected chi connectivity index (χ0v) is 8.77. The smallest absolute Gasteiger partial charge is 0.332 e. The van der Waals surface area contributed by atoms with E-state index in [4.69, 9.17) is 5.73 Å². The highest BCUT2D eigenvalue weighted by Crippen LogP contribution is 2.09. The molecule has 0 aromatic carbocycles. The molecule has 0 spiro atoms. The number of rotatable bonds is 0. The lowest BCUT2D eigenvalue weighted by atomic mass is 10.3. The van der Waals surface area contributed by atoms with Crippen molar-refractivity contribution in [3.63, 3.8) is 0 Å². The Kier molecular flexibility index (Phi) is 1.97. The van der Waals surface area contributed by atoms with Crippen LogP contribution in [-0.2, 0) is 14.1 Å². The first-order valence-corrected chi connectivity index (χ1v) is 4.52. The number of nitrogens with one attached hydrogen (secondary N) is 1. The van der Waals surface area contributed by atoms with Crippen LogP contribution in [0.25, 0.3) is 11.0 Å². The average molecular weight is 222 g/mol. The predicted molar refractivity (Wildman–Crippen MR) is 59.5 cm³/mol. The largest absolute Gasteiger partial charge is 0.398 e. The van der Waals surface area contributed by atoms with Crippen LogP contribution in [0, 0.1) is 0 Å². The number of nitrogen functional groups attached to an aromatic ring is 1. The summed E-state index contributed by atoms with van der Waals surface area (Å²) in [7, 11) is 2.81. The van der Waals surface area contributed by atoms with Gasteiger partial charge in [0.1, 0.15) is 11.0 Å². The van der Waals surface area contributed by atoms with Crippen LogP contribution in [0.1, 0.15) is 0 Å². The molecule has 0 atom stereocenters. The van der Waals surface area contributed by atoms with Crippen molar-refractivity contribution < 1.29 is 0 Å². The van der Waals surface area contributed by atoms with Gasteiger partial charge in [0.25, 0.3) is 11.1 Å². The summed E-state index contributed by atoms with van der Waals surface area (Å²) in [6.45, 7) is 0. The molecule has 0 fully saturated rings. The van der Waals surface area contributed by atoms with Gasteiger partial charge in [-0.1, -0.05) is 0 Å². The van der Waals surface area contributed by atoms with E-state index in [1.807, 2.05) is 0 Å². The fourth-order valence-corrected chi connectivity index (χ4v) is 1.62. The minimum atomic E-state index is -0.521. The van der Waals surface area contributed by atoms with Gasteiger partial charge in [0.05, 0.1) is 5.69 Å². The number of aryl methyl sites for hydroxylation is 1. The van der Waals surface area contributed by atoms with Crippen molar-refractivity contribution in [3.8, 4) is 0 Å². The van der Waals surface area contributed by atoms with Gasteiger partial charge in [-0.15, -0.1) is 0 Å². The quantitative estimate of drug-likeness (QED) is 0.566. The highest BCUT2D eigenvalue weighted by Gasteiger charge is 2.11. The maximum absolute atomic E-state index is 11.8. The van der Waals surface area contributed by atoms with Crippen LogP contribution in [-0.4, -0.2) is 14.1 Å². The van der Waals surface area contributed by atoms with E-state index in [2.05, 4.69) is 4.98 Å². The van der Waals surface area contributed by atoms with Crippen molar-refractivity contribution in [3.05, 3.63) is 37.3 Å². The van der Waals surface area contributed by atoms with Gasteiger partial charge >= 0.3 is 5.69 Å². The zero-order chi connectivity index (χ0) is 12.0. The molecule has 0 aliphatic carbocycles. The summed E-state index contributed by atoms with van der Waals surface area (Å²) in [4.78, 5) is 37.0. The van der Waals surface area contributed by atoms with E-state index < -0.39 is 16.8 Å². The highest BCUT2D eigenvalue weighted by atomic mass is 16.2. The molecule has 0 saturated heterocycles. The molecule has 0 aliphatic rings. The number of anilines is 1. The summed E-state index contributed by atoms with van der Waals surface area (Å²) < 4.78 is 2.12. The van der Waals surface area contributed by atoms with Gasteiger partial charge in [-0.05, 0) is 0 Å². The van der Waals surface area contributed by atoms with E-state index in [9.17, 15) is 14.4 Å². The normalized spacial score (nSPS) is 10.9. The third-order valence-corrected chi connectivity index (χ3v) is 2.48. The number of nitrogens with two attached hydrogens (primary N) is 1. The molecule has 0 bridgehead atoms. The lowest BCUT2D eigenvalue weighted by Crippen LogP contribution is -2.38. The molecule has 2 aromatic heterocycles. The molecule has 0 saturated carbocycles. The minimum Gasteiger partial charge on any atom is -0.398 e. The molecule has 7 nitrogen and oxygen atoms in total. The Morgan fingerprint density at radius 3 is 2.44 bits per heavy atom. The van der Waals surface area contributed by atoms with E-state index in [1.165, 1.54) is 18.7 Å². The van der Waals surface area contributed by atoms with E-state index in [-0.39, 0.29) is 16.7 Å². The molecule has 0 amide bonds. The predicted octanol–water partition coefficient (Wildman–Crippen LogP) is -1.49. The van der Waals surface area contributed by atoms with Crippen LogP contribution in [0.4, 0.5) is 5.69 Å². The van der Waals surface area contributed by atoms with Gasteiger partial charge in [-0.3, -0.25) is 18.7 Å². The molecule has 84 valence electrons. The van der Waals surface area contributed by atoms with Crippen LogP contribution in [0.15, 0.2) is 20.4 Å². The van der Waals surface area contributed by atoms with Crippen molar-refractivity contribution in [2.45, 2.75) is 0 Å². The number of hydrogen-bond acceptors (Lipinski definition) is 4. The zero-order valence-electron chi connectivity index (χ0n) is 8.77. The van der Waals surface area contributed by atoms with Crippen molar-refractivity contribution in [1.82, 2.24) is 14.1 Å². The average Bonchev–Trinajstić information content (AvgIpc) is 2.22. The van der Waals surface area contributed by atoms with E-state index >= 15 is 0 Å². The molecular formula is C9H10N4O3. The van der Waals surface area contributed by atoms with E-state index in [0.717, 1.165) is 10.6 Å². The van der Waals surface area contributed by atoms with Crippen LogP contribution in [0.2, 0.25) is 0 Å². The van der Waals surface area contributed by atoms with Crippen LogP contribution in [0.3, 0.4) is 0 Å². The van der Waals surface area contributed by atoms with Gasteiger partial charge in [0, 0.05) is 20.2 Å². The van der Waals surface area contributed by atoms with Crippen LogP contribution >= 0.6 is 0 Å². The second-order valence-electron chi connectivity index (χ2n) is 3.52. The standard InChI is InChI=1S/C9H10N4O3/c1-12-7-6(4(10)3-5(14)11-7)8(15)13(2)9(12)16/h3H,1-2H3,(H3,10,11,14). The topological polar surface area (TPSA) is 103 Å². The number of aromatic nitrogens is 3. The first kappa shape index (κ1) is 10.2. The summed E-state index contributed by atoms with van der Waals surface area (Å²) in [6.07, 6.45) is 0. The minimum absolute atomic E-state index is 0.0648. The van der Waals surface area contributed by atoms with Crippen LogP contribution in [0.5, 0.6) is 0 Å². The fraction of sp³-hybridized carbons (Fsp3) is 0.222. The Labute approximate surface area is 88.7 Å². The SMILES string of the molecule is Cn1c(=O)c2c(N)cc(=O)[nH]c2n(C)c1=O. The first-order chi connectivity index (χ1) is 7.43. The number of pyridine rings is 1. The maximum atomic E-state index is 11.8. The van der Waals surface area contributed by atoms with Gasteiger partial charge in [-0.2, -0.15) is 0 Å². The summed E-state index contributed by atoms with van der Waals surface area (Å²) >= 11 is 0. The molecule has 2 rings (SSSR count). The van der Waals surface area contributed by atoms with Crippen molar-refractivity contribution in [2.75, 3.05) is 5.73 Å². The summed E-state index contributed by atoms with van der Waals surface area (Å²) in [5, 5.41) is 0.143. The molecule has 0 aliphatic heterocycles. The van der Waals surface area contributed by atoms with Crippen LogP contribution < -0.4 is 22.5 Å². The first-order valence-electron chi connectivity index (χ1n) is 4.52.